The Morgan fingerprint density at radius 1 is 1.28 bits per heavy atom. The fourth-order valence-electron chi connectivity index (χ4n) is 3.14. The summed E-state index contributed by atoms with van der Waals surface area (Å²) >= 11 is 1.53. The Hall–Kier alpha value is -1.14. The number of hydrogen-bond acceptors (Lipinski definition) is 4. The fraction of sp³-hybridized carbons (Fsp3) is 0.444. The fourth-order valence-corrected chi connectivity index (χ4v) is 4.20. The maximum Gasteiger partial charge on any atom is 0.266 e. The van der Waals surface area contributed by atoms with Gasteiger partial charge in [-0.1, -0.05) is 30.3 Å². The van der Waals surface area contributed by atoms with E-state index in [1.54, 1.807) is 0 Å². The molecule has 1 atom stereocenters. The zero-order chi connectivity index (χ0) is 16.2. The molecule has 1 fully saturated rings. The molecule has 4 nitrogen and oxygen atoms in total. The largest absolute Gasteiger partial charge is 0.334 e. The third-order valence-corrected chi connectivity index (χ3v) is 5.54. The normalized spacial score (nSPS) is 16.7. The molecular weight excluding hydrogens is 377 g/mol. The molecule has 2 aromatic rings. The van der Waals surface area contributed by atoms with Crippen molar-refractivity contribution in [2.75, 3.05) is 13.1 Å². The van der Waals surface area contributed by atoms with Gasteiger partial charge in [0.15, 0.2) is 0 Å². The van der Waals surface area contributed by atoms with Gasteiger partial charge in [-0.15, -0.1) is 36.2 Å². The molecule has 138 valence electrons. The first kappa shape index (κ1) is 21.9. The number of carbonyl (C=O) groups excluding carboxylic acids is 1. The number of halogens is 2. The number of aryl methyl sites for hydroxylation is 1. The van der Waals surface area contributed by atoms with Gasteiger partial charge in [-0.25, -0.2) is 4.98 Å². The Morgan fingerprint density at radius 3 is 2.68 bits per heavy atom. The molecule has 0 radical (unpaired) electrons. The number of likely N-dealkylation sites (tertiary alicyclic amines) is 1. The smallest absolute Gasteiger partial charge is 0.266 e. The number of hydrogen-bond donors (Lipinski definition) is 1. The van der Waals surface area contributed by atoms with E-state index in [9.17, 15) is 4.79 Å². The molecular formula is C18H25Cl2N3OS. The lowest BCUT2D eigenvalue weighted by Gasteiger charge is -2.34. The number of rotatable bonds is 4. The van der Waals surface area contributed by atoms with Crippen molar-refractivity contribution in [3.05, 3.63) is 51.5 Å². The quantitative estimate of drug-likeness (QED) is 0.846. The molecule has 1 aliphatic rings. The number of nitrogens with two attached hydrogens (primary N) is 1. The second-order valence-corrected chi connectivity index (χ2v) is 7.15. The molecule has 0 aliphatic carbocycles. The third kappa shape index (κ3) is 5.17. The monoisotopic (exact) mass is 401 g/mol. The first-order valence-electron chi connectivity index (χ1n) is 8.20. The lowest BCUT2D eigenvalue weighted by molar-refractivity contribution is 0.0627. The summed E-state index contributed by atoms with van der Waals surface area (Å²) in [6.45, 7) is 3.28. The predicted molar refractivity (Wildman–Crippen MR) is 108 cm³/mol. The van der Waals surface area contributed by atoms with Gasteiger partial charge in [-0.05, 0) is 31.7 Å². The highest BCUT2D eigenvalue weighted by Gasteiger charge is 2.29. The summed E-state index contributed by atoms with van der Waals surface area (Å²) in [6.07, 6.45) is 4.01. The van der Waals surface area contributed by atoms with E-state index >= 15 is 0 Å². The number of amides is 1. The summed E-state index contributed by atoms with van der Waals surface area (Å²) in [4.78, 5) is 20.2. The Bertz CT molecular complexity index is 678. The molecule has 1 aromatic carbocycles. The van der Waals surface area contributed by atoms with Crippen LogP contribution in [0.2, 0.25) is 0 Å². The van der Waals surface area contributed by atoms with E-state index in [2.05, 4.69) is 17.1 Å². The van der Waals surface area contributed by atoms with Crippen molar-refractivity contribution in [2.24, 2.45) is 5.73 Å². The summed E-state index contributed by atoms with van der Waals surface area (Å²) in [5, 5.41) is 0.998. The number of carbonyl (C=O) groups is 1. The van der Waals surface area contributed by atoms with Crippen LogP contribution in [0.15, 0.2) is 30.3 Å². The van der Waals surface area contributed by atoms with Crippen LogP contribution >= 0.6 is 36.2 Å². The second-order valence-electron chi connectivity index (χ2n) is 6.07. The van der Waals surface area contributed by atoms with E-state index in [4.69, 9.17) is 5.73 Å². The van der Waals surface area contributed by atoms with Crippen LogP contribution in [-0.2, 0) is 6.42 Å². The van der Waals surface area contributed by atoms with Gasteiger partial charge in [0, 0.05) is 25.6 Å². The Labute approximate surface area is 165 Å². The standard InChI is InChI=1S/C18H23N3OS.2ClH/c1-13-17(18(22)21-10-6-5-9-15(21)12-19)23-16(20-13)11-14-7-3-2-4-8-14;;/h2-4,7-8,15H,5-6,9-12,19H2,1H3;2*1H. The highest BCUT2D eigenvalue weighted by molar-refractivity contribution is 7.13. The first-order chi connectivity index (χ1) is 11.2. The molecule has 1 unspecified atom stereocenters. The summed E-state index contributed by atoms with van der Waals surface area (Å²) in [7, 11) is 0. The van der Waals surface area contributed by atoms with Crippen LogP contribution < -0.4 is 5.73 Å². The maximum absolute atomic E-state index is 12.9. The molecule has 1 aliphatic heterocycles. The van der Waals surface area contributed by atoms with Crippen molar-refractivity contribution in [1.82, 2.24) is 9.88 Å². The lowest BCUT2D eigenvalue weighted by atomic mass is 10.0. The van der Waals surface area contributed by atoms with Gasteiger partial charge in [0.05, 0.1) is 10.7 Å². The molecule has 2 heterocycles. The Kier molecular flexibility index (Phi) is 8.86. The lowest BCUT2D eigenvalue weighted by Crippen LogP contribution is -2.47. The van der Waals surface area contributed by atoms with E-state index in [0.717, 1.165) is 47.8 Å². The number of nitrogens with zero attached hydrogens (tertiary/aromatic N) is 2. The minimum absolute atomic E-state index is 0. The summed E-state index contributed by atoms with van der Waals surface area (Å²) in [5.41, 5.74) is 7.91. The summed E-state index contributed by atoms with van der Waals surface area (Å²) in [5.74, 6) is 0.106. The van der Waals surface area contributed by atoms with Gasteiger partial charge in [-0.2, -0.15) is 0 Å². The topological polar surface area (TPSA) is 59.2 Å². The molecule has 3 rings (SSSR count). The van der Waals surface area contributed by atoms with Crippen LogP contribution in [0.5, 0.6) is 0 Å². The van der Waals surface area contributed by atoms with Crippen molar-refractivity contribution >= 4 is 42.1 Å². The van der Waals surface area contributed by atoms with Crippen LogP contribution in [0.25, 0.3) is 0 Å². The second kappa shape index (κ2) is 10.1. The Balaban J connectivity index is 0.00000156. The van der Waals surface area contributed by atoms with Crippen molar-refractivity contribution in [3.63, 3.8) is 0 Å². The molecule has 1 amide bonds. The predicted octanol–water partition coefficient (Wildman–Crippen LogP) is 3.84. The summed E-state index contributed by atoms with van der Waals surface area (Å²) in [6, 6.07) is 10.4. The van der Waals surface area contributed by atoms with Crippen LogP contribution in [0.3, 0.4) is 0 Å². The number of aromatic nitrogens is 1. The van der Waals surface area contributed by atoms with E-state index < -0.39 is 0 Å². The van der Waals surface area contributed by atoms with Crippen LogP contribution in [0, 0.1) is 6.92 Å². The number of piperidine rings is 1. The summed E-state index contributed by atoms with van der Waals surface area (Å²) < 4.78 is 0. The van der Waals surface area contributed by atoms with E-state index in [1.165, 1.54) is 16.9 Å². The molecule has 0 spiro atoms. The van der Waals surface area contributed by atoms with Gasteiger partial charge in [0.2, 0.25) is 0 Å². The van der Waals surface area contributed by atoms with E-state index in [1.807, 2.05) is 30.0 Å². The van der Waals surface area contributed by atoms with E-state index in [-0.39, 0.29) is 36.8 Å². The van der Waals surface area contributed by atoms with Crippen LogP contribution in [0.4, 0.5) is 0 Å². The average Bonchev–Trinajstić information content (AvgIpc) is 2.95. The van der Waals surface area contributed by atoms with Crippen molar-refractivity contribution in [2.45, 2.75) is 38.6 Å². The zero-order valence-electron chi connectivity index (χ0n) is 14.3. The molecule has 25 heavy (non-hydrogen) atoms. The minimum Gasteiger partial charge on any atom is -0.334 e. The van der Waals surface area contributed by atoms with Gasteiger partial charge >= 0.3 is 0 Å². The van der Waals surface area contributed by atoms with Crippen molar-refractivity contribution in [3.8, 4) is 0 Å². The van der Waals surface area contributed by atoms with Crippen LogP contribution in [-0.4, -0.2) is 34.9 Å². The van der Waals surface area contributed by atoms with Gasteiger partial charge < -0.3 is 10.6 Å². The Morgan fingerprint density at radius 2 is 2.00 bits per heavy atom. The molecule has 7 heteroatoms. The highest BCUT2D eigenvalue weighted by Crippen LogP contribution is 2.25. The van der Waals surface area contributed by atoms with Crippen molar-refractivity contribution < 1.29 is 4.79 Å². The van der Waals surface area contributed by atoms with E-state index in [0.29, 0.717) is 6.54 Å². The van der Waals surface area contributed by atoms with Crippen LogP contribution in [0.1, 0.15) is 45.2 Å². The number of thiazole rings is 1. The molecule has 0 saturated carbocycles. The third-order valence-electron chi connectivity index (χ3n) is 4.39. The molecule has 1 saturated heterocycles. The van der Waals surface area contributed by atoms with Gasteiger partial charge in [-0.3, -0.25) is 4.79 Å². The van der Waals surface area contributed by atoms with Gasteiger partial charge in [0.1, 0.15) is 4.88 Å². The maximum atomic E-state index is 12.9. The molecule has 2 N–H and O–H groups in total. The highest BCUT2D eigenvalue weighted by atomic mass is 35.5. The zero-order valence-corrected chi connectivity index (χ0v) is 16.8. The molecule has 1 aromatic heterocycles. The number of benzene rings is 1. The van der Waals surface area contributed by atoms with Gasteiger partial charge in [0.25, 0.3) is 5.91 Å². The minimum atomic E-state index is 0. The van der Waals surface area contributed by atoms with Crippen molar-refractivity contribution in [1.29, 1.82) is 0 Å². The average molecular weight is 402 g/mol. The SMILES string of the molecule is Cc1nc(Cc2ccccc2)sc1C(=O)N1CCCCC1CN.Cl.Cl. The molecule has 0 bridgehead atoms. The first-order valence-corrected chi connectivity index (χ1v) is 9.02.